The number of aromatic nitrogens is 1. The van der Waals surface area contributed by atoms with Gasteiger partial charge in [0.1, 0.15) is 11.3 Å². The first-order valence-electron chi connectivity index (χ1n) is 10.4. The fourth-order valence-corrected chi connectivity index (χ4v) is 4.41. The van der Waals surface area contributed by atoms with Crippen molar-refractivity contribution in [1.29, 1.82) is 0 Å². The Labute approximate surface area is 180 Å². The Balaban J connectivity index is 1.69. The van der Waals surface area contributed by atoms with Gasteiger partial charge in [-0.3, -0.25) is 4.79 Å². The number of anilines is 1. The molecular weight excluding hydrogens is 423 g/mol. The van der Waals surface area contributed by atoms with Crippen LogP contribution in [-0.4, -0.2) is 35.3 Å². The Hall–Kier alpha value is -3.33. The number of benzene rings is 2. The van der Waals surface area contributed by atoms with Gasteiger partial charge in [-0.1, -0.05) is 30.3 Å². The second-order valence-corrected chi connectivity index (χ2v) is 8.19. The fourth-order valence-electron chi connectivity index (χ4n) is 4.41. The molecule has 0 bridgehead atoms. The third kappa shape index (κ3) is 3.24. The van der Waals surface area contributed by atoms with E-state index in [9.17, 15) is 14.7 Å². The zero-order chi connectivity index (χ0) is 22.6. The molecule has 0 spiro atoms. The monoisotopic (exact) mass is 443 g/mol. The van der Waals surface area contributed by atoms with Crippen molar-refractivity contribution in [2.45, 2.75) is 24.9 Å². The molecule has 6 nitrogen and oxygen atoms in total. The highest BCUT2D eigenvalue weighted by Gasteiger charge is 2.34. The molecular formula is C23H20F3N3O3. The van der Waals surface area contributed by atoms with Crippen LogP contribution in [0.1, 0.15) is 40.8 Å². The molecule has 5 rings (SSSR count). The van der Waals surface area contributed by atoms with Crippen LogP contribution in [0.2, 0.25) is 0 Å². The molecule has 2 heterocycles. The Morgan fingerprint density at radius 1 is 1.06 bits per heavy atom. The van der Waals surface area contributed by atoms with Crippen LogP contribution in [0.5, 0.6) is 0 Å². The molecule has 1 unspecified atom stereocenters. The molecule has 0 radical (unpaired) electrons. The van der Waals surface area contributed by atoms with Crippen molar-refractivity contribution in [2.75, 3.05) is 24.5 Å². The SMILES string of the molecule is O=C(O)c1cn(C2CC2)c2c(F)c(N3CCNC(c4ccccc4)C3)c(F)c(F)c2c1=O. The maximum absolute atomic E-state index is 15.8. The molecule has 3 aromatic rings. The van der Waals surface area contributed by atoms with Gasteiger partial charge in [-0.05, 0) is 18.4 Å². The van der Waals surface area contributed by atoms with E-state index in [0.717, 1.165) is 11.8 Å². The molecule has 2 aliphatic rings. The molecule has 32 heavy (non-hydrogen) atoms. The van der Waals surface area contributed by atoms with Crippen molar-refractivity contribution in [2.24, 2.45) is 0 Å². The summed E-state index contributed by atoms with van der Waals surface area (Å²) < 4.78 is 47.5. The third-order valence-corrected chi connectivity index (χ3v) is 6.14. The summed E-state index contributed by atoms with van der Waals surface area (Å²) in [6.45, 7) is 0.859. The summed E-state index contributed by atoms with van der Waals surface area (Å²) >= 11 is 0. The van der Waals surface area contributed by atoms with E-state index in [0.29, 0.717) is 19.4 Å². The summed E-state index contributed by atoms with van der Waals surface area (Å²) in [6, 6.07) is 8.90. The van der Waals surface area contributed by atoms with Crippen LogP contribution in [-0.2, 0) is 0 Å². The highest BCUT2D eigenvalue weighted by molar-refractivity contribution is 5.94. The van der Waals surface area contributed by atoms with E-state index in [2.05, 4.69) is 5.32 Å². The molecule has 1 saturated carbocycles. The van der Waals surface area contributed by atoms with E-state index < -0.39 is 45.5 Å². The van der Waals surface area contributed by atoms with Crippen molar-refractivity contribution in [3.05, 3.63) is 75.3 Å². The highest BCUT2D eigenvalue weighted by Crippen LogP contribution is 2.41. The van der Waals surface area contributed by atoms with Crippen molar-refractivity contribution in [3.63, 3.8) is 0 Å². The Bertz CT molecular complexity index is 1290. The summed E-state index contributed by atoms with van der Waals surface area (Å²) in [5.74, 6) is -5.61. The molecule has 166 valence electrons. The van der Waals surface area contributed by atoms with Gasteiger partial charge in [0.05, 0.1) is 10.9 Å². The number of carbonyl (C=O) groups is 1. The lowest BCUT2D eigenvalue weighted by Crippen LogP contribution is -2.46. The lowest BCUT2D eigenvalue weighted by molar-refractivity contribution is 0.0694. The first kappa shape index (κ1) is 20.6. The van der Waals surface area contributed by atoms with E-state index in [1.807, 2.05) is 30.3 Å². The Morgan fingerprint density at radius 3 is 2.44 bits per heavy atom. The maximum atomic E-state index is 15.8. The van der Waals surface area contributed by atoms with E-state index in [1.54, 1.807) is 0 Å². The van der Waals surface area contributed by atoms with Crippen LogP contribution in [0, 0.1) is 17.5 Å². The Morgan fingerprint density at radius 2 is 1.78 bits per heavy atom. The summed E-state index contributed by atoms with van der Waals surface area (Å²) in [5.41, 5.74) is -1.92. The van der Waals surface area contributed by atoms with Crippen LogP contribution in [0.25, 0.3) is 10.9 Å². The van der Waals surface area contributed by atoms with Gasteiger partial charge in [0.2, 0.25) is 5.43 Å². The largest absolute Gasteiger partial charge is 0.477 e. The van der Waals surface area contributed by atoms with Gasteiger partial charge in [0.25, 0.3) is 0 Å². The highest BCUT2D eigenvalue weighted by atomic mass is 19.2. The average Bonchev–Trinajstić information content (AvgIpc) is 3.63. The molecule has 1 aliphatic carbocycles. The van der Waals surface area contributed by atoms with E-state index in [1.165, 1.54) is 9.47 Å². The smallest absolute Gasteiger partial charge is 0.341 e. The molecule has 2 fully saturated rings. The summed E-state index contributed by atoms with van der Waals surface area (Å²) in [4.78, 5) is 25.6. The number of aromatic carboxylic acids is 1. The molecule has 9 heteroatoms. The van der Waals surface area contributed by atoms with Gasteiger partial charge in [-0.25, -0.2) is 18.0 Å². The number of halogens is 3. The number of piperazine rings is 1. The number of carboxylic acids is 1. The van der Waals surface area contributed by atoms with Gasteiger partial charge in [-0.2, -0.15) is 0 Å². The van der Waals surface area contributed by atoms with Crippen LogP contribution >= 0.6 is 0 Å². The molecule has 0 amide bonds. The fraction of sp³-hybridized carbons (Fsp3) is 0.304. The number of nitrogens with zero attached hydrogens (tertiary/aromatic N) is 2. The van der Waals surface area contributed by atoms with Gasteiger partial charge in [-0.15, -0.1) is 0 Å². The number of fused-ring (bicyclic) bond motifs is 1. The number of nitrogens with one attached hydrogen (secondary N) is 1. The number of carboxylic acid groups (broad SMARTS) is 1. The lowest BCUT2D eigenvalue weighted by atomic mass is 10.0. The number of rotatable bonds is 4. The number of pyridine rings is 1. The minimum absolute atomic E-state index is 0.198. The number of hydrogen-bond donors (Lipinski definition) is 2. The van der Waals surface area contributed by atoms with Gasteiger partial charge >= 0.3 is 5.97 Å². The van der Waals surface area contributed by atoms with Crippen LogP contribution < -0.4 is 15.6 Å². The van der Waals surface area contributed by atoms with Crippen molar-refractivity contribution in [1.82, 2.24) is 9.88 Å². The first-order chi connectivity index (χ1) is 15.4. The quantitative estimate of drug-likeness (QED) is 0.603. The lowest BCUT2D eigenvalue weighted by Gasteiger charge is -2.36. The second-order valence-electron chi connectivity index (χ2n) is 8.19. The van der Waals surface area contributed by atoms with Crippen molar-refractivity contribution in [3.8, 4) is 0 Å². The first-order valence-corrected chi connectivity index (χ1v) is 10.4. The normalized spacial score (nSPS) is 18.8. The minimum Gasteiger partial charge on any atom is -0.477 e. The Kier molecular flexibility index (Phi) is 4.93. The molecule has 1 aromatic heterocycles. The van der Waals surface area contributed by atoms with E-state index in [4.69, 9.17) is 0 Å². The predicted molar refractivity (Wildman–Crippen MR) is 113 cm³/mol. The standard InChI is InChI=1S/C23H20F3N3O3/c24-17-16-20(29(13-6-7-13)10-14(22(16)30)23(31)32)19(26)21(18(17)25)28-9-8-27-15(11-28)12-4-2-1-3-5-12/h1-5,10,13,15,27H,6-9,11H2,(H,31,32). The average molecular weight is 443 g/mol. The number of hydrogen-bond acceptors (Lipinski definition) is 4. The predicted octanol–water partition coefficient (Wildman–Crippen LogP) is 3.60. The zero-order valence-electron chi connectivity index (χ0n) is 16.9. The van der Waals surface area contributed by atoms with Crippen LogP contribution in [0.4, 0.5) is 18.9 Å². The molecule has 1 saturated heterocycles. The van der Waals surface area contributed by atoms with Gasteiger partial charge < -0.3 is 19.9 Å². The van der Waals surface area contributed by atoms with E-state index in [-0.39, 0.29) is 30.7 Å². The second kappa shape index (κ2) is 7.67. The van der Waals surface area contributed by atoms with Crippen LogP contribution in [0.15, 0.2) is 41.3 Å². The molecule has 2 N–H and O–H groups in total. The van der Waals surface area contributed by atoms with Crippen molar-refractivity contribution >= 4 is 22.6 Å². The molecule has 1 aliphatic heterocycles. The summed E-state index contributed by atoms with van der Waals surface area (Å²) in [6.07, 6.45) is 2.31. The third-order valence-electron chi connectivity index (χ3n) is 6.14. The molecule has 1 atom stereocenters. The van der Waals surface area contributed by atoms with Crippen molar-refractivity contribution < 1.29 is 23.1 Å². The van der Waals surface area contributed by atoms with Gasteiger partial charge in [0.15, 0.2) is 17.5 Å². The topological polar surface area (TPSA) is 74.6 Å². The summed E-state index contributed by atoms with van der Waals surface area (Å²) in [5, 5.41) is 11.8. The minimum atomic E-state index is -1.57. The summed E-state index contributed by atoms with van der Waals surface area (Å²) in [7, 11) is 0. The van der Waals surface area contributed by atoms with Gasteiger partial charge in [0, 0.05) is 37.9 Å². The van der Waals surface area contributed by atoms with Crippen LogP contribution in [0.3, 0.4) is 0 Å². The molecule has 2 aromatic carbocycles. The maximum Gasteiger partial charge on any atom is 0.341 e. The van der Waals surface area contributed by atoms with E-state index >= 15 is 13.2 Å². The zero-order valence-corrected chi connectivity index (χ0v) is 16.9.